The minimum Gasteiger partial charge on any atom is -0.275 e. The predicted molar refractivity (Wildman–Crippen MR) is 56.9 cm³/mol. The van der Waals surface area contributed by atoms with Gasteiger partial charge in [0.05, 0.1) is 6.20 Å². The summed E-state index contributed by atoms with van der Waals surface area (Å²) in [6.07, 6.45) is 7.01. The molecule has 0 saturated carbocycles. The summed E-state index contributed by atoms with van der Waals surface area (Å²) in [5.41, 5.74) is 2.81. The standard InChI is InChI=1S/C9H9BrN4/c1-14-6-7(4-10)9(13-14)8-5-11-2-3-12-8/h2-3,5-6H,4H2,1H3. The van der Waals surface area contributed by atoms with E-state index in [4.69, 9.17) is 0 Å². The Balaban J connectivity index is 2.51. The molecule has 2 aromatic rings. The van der Waals surface area contributed by atoms with Crippen molar-refractivity contribution >= 4 is 15.9 Å². The molecule has 0 radical (unpaired) electrons. The number of aryl methyl sites for hydroxylation is 1. The van der Waals surface area contributed by atoms with Crippen LogP contribution in [0, 0.1) is 0 Å². The highest BCUT2D eigenvalue weighted by Gasteiger charge is 2.09. The Morgan fingerprint density at radius 3 is 2.93 bits per heavy atom. The van der Waals surface area contributed by atoms with Crippen molar-refractivity contribution in [1.82, 2.24) is 19.7 Å². The molecule has 4 nitrogen and oxygen atoms in total. The minimum atomic E-state index is 0.771. The van der Waals surface area contributed by atoms with E-state index in [1.54, 1.807) is 23.3 Å². The molecule has 2 heterocycles. The Hall–Kier alpha value is -1.23. The van der Waals surface area contributed by atoms with Crippen molar-refractivity contribution in [2.45, 2.75) is 5.33 Å². The van der Waals surface area contributed by atoms with E-state index in [1.807, 2.05) is 13.2 Å². The summed E-state index contributed by atoms with van der Waals surface area (Å²) in [6, 6.07) is 0. The van der Waals surface area contributed by atoms with Gasteiger partial charge in [0.1, 0.15) is 11.4 Å². The van der Waals surface area contributed by atoms with Gasteiger partial charge in [-0.15, -0.1) is 0 Å². The molecule has 0 unspecified atom stereocenters. The molecule has 14 heavy (non-hydrogen) atoms. The van der Waals surface area contributed by atoms with Crippen LogP contribution in [0.5, 0.6) is 0 Å². The normalized spacial score (nSPS) is 10.4. The second-order valence-electron chi connectivity index (χ2n) is 2.90. The van der Waals surface area contributed by atoms with E-state index in [-0.39, 0.29) is 0 Å². The van der Waals surface area contributed by atoms with Gasteiger partial charge >= 0.3 is 0 Å². The average molecular weight is 253 g/mol. The van der Waals surface area contributed by atoms with Crippen molar-refractivity contribution in [2.24, 2.45) is 7.05 Å². The van der Waals surface area contributed by atoms with E-state index in [2.05, 4.69) is 31.0 Å². The van der Waals surface area contributed by atoms with Crippen LogP contribution in [-0.4, -0.2) is 19.7 Å². The summed E-state index contributed by atoms with van der Waals surface area (Å²) in [7, 11) is 1.89. The number of alkyl halides is 1. The number of halogens is 1. The Bertz CT molecular complexity index is 424. The molecule has 0 spiro atoms. The average Bonchev–Trinajstić information content (AvgIpc) is 2.61. The summed E-state index contributed by atoms with van der Waals surface area (Å²) in [5, 5.41) is 5.11. The first-order valence-electron chi connectivity index (χ1n) is 4.16. The van der Waals surface area contributed by atoms with Crippen LogP contribution in [0.3, 0.4) is 0 Å². The summed E-state index contributed by atoms with van der Waals surface area (Å²) < 4.78 is 1.78. The van der Waals surface area contributed by atoms with Gasteiger partial charge < -0.3 is 0 Å². The number of hydrogen-bond donors (Lipinski definition) is 0. The van der Waals surface area contributed by atoms with Crippen molar-refractivity contribution in [3.63, 3.8) is 0 Å². The molecule has 72 valence electrons. The third kappa shape index (κ3) is 1.68. The smallest absolute Gasteiger partial charge is 0.116 e. The van der Waals surface area contributed by atoms with Crippen LogP contribution in [0.25, 0.3) is 11.4 Å². The zero-order valence-corrected chi connectivity index (χ0v) is 9.27. The fourth-order valence-corrected chi connectivity index (χ4v) is 1.68. The Morgan fingerprint density at radius 1 is 1.43 bits per heavy atom. The maximum atomic E-state index is 4.34. The van der Waals surface area contributed by atoms with E-state index < -0.39 is 0 Å². The molecule has 0 N–H and O–H groups in total. The maximum Gasteiger partial charge on any atom is 0.116 e. The number of aromatic nitrogens is 4. The number of hydrogen-bond acceptors (Lipinski definition) is 3. The van der Waals surface area contributed by atoms with Crippen molar-refractivity contribution in [3.05, 3.63) is 30.4 Å². The van der Waals surface area contributed by atoms with Crippen molar-refractivity contribution in [1.29, 1.82) is 0 Å². The fourth-order valence-electron chi connectivity index (χ4n) is 1.27. The Labute approximate surface area is 90.1 Å². The van der Waals surface area contributed by atoms with E-state index in [9.17, 15) is 0 Å². The molecule has 0 saturated heterocycles. The lowest BCUT2D eigenvalue weighted by Gasteiger charge is -1.96. The first-order valence-corrected chi connectivity index (χ1v) is 5.28. The van der Waals surface area contributed by atoms with Gasteiger partial charge in [-0.05, 0) is 0 Å². The number of rotatable bonds is 2. The van der Waals surface area contributed by atoms with Gasteiger partial charge in [0, 0.05) is 36.5 Å². The lowest BCUT2D eigenvalue weighted by Crippen LogP contribution is -1.90. The van der Waals surface area contributed by atoms with E-state index in [1.165, 1.54) is 0 Å². The highest BCUT2D eigenvalue weighted by molar-refractivity contribution is 9.08. The first kappa shape index (κ1) is 9.33. The molecule has 0 fully saturated rings. The van der Waals surface area contributed by atoms with Crippen LogP contribution < -0.4 is 0 Å². The molecule has 2 aromatic heterocycles. The second-order valence-corrected chi connectivity index (χ2v) is 3.46. The fraction of sp³-hybridized carbons (Fsp3) is 0.222. The second kappa shape index (κ2) is 3.88. The number of nitrogens with zero attached hydrogens (tertiary/aromatic N) is 4. The van der Waals surface area contributed by atoms with Gasteiger partial charge in [-0.3, -0.25) is 14.6 Å². The van der Waals surface area contributed by atoms with Crippen LogP contribution in [0.2, 0.25) is 0 Å². The van der Waals surface area contributed by atoms with Gasteiger partial charge in [-0.25, -0.2) is 0 Å². The van der Waals surface area contributed by atoms with Crippen LogP contribution >= 0.6 is 15.9 Å². The third-order valence-electron chi connectivity index (χ3n) is 1.85. The molecule has 0 atom stereocenters. The lowest BCUT2D eigenvalue weighted by molar-refractivity contribution is 0.769. The van der Waals surface area contributed by atoms with Gasteiger partial charge in [0.15, 0.2) is 0 Å². The minimum absolute atomic E-state index is 0.771. The van der Waals surface area contributed by atoms with Crippen LogP contribution in [0.4, 0.5) is 0 Å². The molecule has 0 aliphatic rings. The lowest BCUT2D eigenvalue weighted by atomic mass is 10.2. The molecule has 0 bridgehead atoms. The molecular weight excluding hydrogens is 244 g/mol. The Kier molecular flexibility index (Phi) is 2.58. The first-order chi connectivity index (χ1) is 6.81. The van der Waals surface area contributed by atoms with Crippen molar-refractivity contribution in [2.75, 3.05) is 0 Å². The van der Waals surface area contributed by atoms with Gasteiger partial charge in [-0.1, -0.05) is 15.9 Å². The molecule has 0 aliphatic heterocycles. The van der Waals surface area contributed by atoms with E-state index >= 15 is 0 Å². The summed E-state index contributed by atoms with van der Waals surface area (Å²) >= 11 is 3.42. The zero-order chi connectivity index (χ0) is 9.97. The monoisotopic (exact) mass is 252 g/mol. The summed E-state index contributed by atoms with van der Waals surface area (Å²) in [5.74, 6) is 0. The summed E-state index contributed by atoms with van der Waals surface area (Å²) in [4.78, 5) is 8.23. The van der Waals surface area contributed by atoms with Crippen molar-refractivity contribution < 1.29 is 0 Å². The zero-order valence-electron chi connectivity index (χ0n) is 7.68. The summed E-state index contributed by atoms with van der Waals surface area (Å²) in [6.45, 7) is 0. The van der Waals surface area contributed by atoms with E-state index in [0.29, 0.717) is 0 Å². The highest BCUT2D eigenvalue weighted by Crippen LogP contribution is 2.20. The largest absolute Gasteiger partial charge is 0.275 e. The van der Waals surface area contributed by atoms with Crippen LogP contribution in [-0.2, 0) is 12.4 Å². The Morgan fingerprint density at radius 2 is 2.29 bits per heavy atom. The quantitative estimate of drug-likeness (QED) is 0.766. The highest BCUT2D eigenvalue weighted by atomic mass is 79.9. The molecular formula is C9H9BrN4. The molecule has 2 rings (SSSR count). The van der Waals surface area contributed by atoms with Crippen molar-refractivity contribution in [3.8, 4) is 11.4 Å². The topological polar surface area (TPSA) is 43.6 Å². The maximum absolute atomic E-state index is 4.34. The van der Waals surface area contributed by atoms with E-state index in [0.717, 1.165) is 22.3 Å². The van der Waals surface area contributed by atoms with Gasteiger partial charge in [-0.2, -0.15) is 5.10 Å². The SMILES string of the molecule is Cn1cc(CBr)c(-c2cnccn2)n1. The molecule has 0 aromatic carbocycles. The third-order valence-corrected chi connectivity index (χ3v) is 2.46. The van der Waals surface area contributed by atoms with Gasteiger partial charge in [0.2, 0.25) is 0 Å². The van der Waals surface area contributed by atoms with Gasteiger partial charge in [0.25, 0.3) is 0 Å². The molecule has 0 aliphatic carbocycles. The van der Waals surface area contributed by atoms with Crippen LogP contribution in [0.15, 0.2) is 24.8 Å². The molecule has 0 amide bonds. The predicted octanol–water partition coefficient (Wildman–Crippen LogP) is 1.77. The van der Waals surface area contributed by atoms with Crippen LogP contribution in [0.1, 0.15) is 5.56 Å². The molecule has 5 heteroatoms.